The molecule has 0 spiro atoms. The summed E-state index contributed by atoms with van der Waals surface area (Å²) in [6.07, 6.45) is 0.135. The summed E-state index contributed by atoms with van der Waals surface area (Å²) in [7, 11) is 2.01. The summed E-state index contributed by atoms with van der Waals surface area (Å²) in [6, 6.07) is 8.72. The van der Waals surface area contributed by atoms with Gasteiger partial charge in [-0.2, -0.15) is 0 Å². The van der Waals surface area contributed by atoms with Crippen molar-refractivity contribution in [2.24, 2.45) is 0 Å². The standard InChI is InChI=1S/C43H67N9O9/c1-40(2,3)59-37(53)29(49-39(55)61-42(7,8)9)19-21-51(20-18-28(48-38(54)60-41(4,5)6)23-50(12)22-27-16-14-13-15-17-27)24-30-32-33(58-43(10,11)57-32)36(56-30)52-26-47-31-34(44)45-25-46-35(31)52/h13-17,25-26,28-30,32-33,36H,18-24H2,1-12H3,(H,48,54)(H,49,55)(H2,44,45,46)/t28-,29+,30-,32-,33-,36-/m1/s1. The molecule has 18 heteroatoms. The number of anilines is 1. The SMILES string of the molecule is CN(Cc1ccccc1)C[C@@H](CCN(CC[C@H](NC(=O)OC(C)(C)C)C(=O)OC(C)(C)C)C[C@H]1O[C@@H](n2cnc3c(N)ncnc32)[C@@H]2OC(C)(C)O[C@@H]21)NC(=O)OC(C)(C)C. The molecule has 3 aromatic rings. The lowest BCUT2D eigenvalue weighted by Gasteiger charge is -2.32. The highest BCUT2D eigenvalue weighted by Crippen LogP contribution is 2.44. The molecular formula is C43H67N9O9. The first-order chi connectivity index (χ1) is 28.3. The number of nitrogens with zero attached hydrogens (tertiary/aromatic N) is 6. The fraction of sp³-hybridized carbons (Fsp3) is 0.674. The molecule has 5 rings (SSSR count). The van der Waals surface area contributed by atoms with E-state index in [4.69, 9.17) is 34.2 Å². The van der Waals surface area contributed by atoms with Crippen LogP contribution in [0.4, 0.5) is 15.4 Å². The number of imidazole rings is 1. The van der Waals surface area contributed by atoms with E-state index in [1.807, 2.05) is 59.9 Å². The normalized spacial score (nSPS) is 21.3. The highest BCUT2D eigenvalue weighted by molar-refractivity contribution is 5.82. The molecule has 0 radical (unpaired) electrons. The molecule has 0 bridgehead atoms. The van der Waals surface area contributed by atoms with Gasteiger partial charge >= 0.3 is 18.2 Å². The zero-order valence-electron chi connectivity index (χ0n) is 37.9. The second kappa shape index (κ2) is 19.2. The Hall–Kier alpha value is -4.62. The lowest BCUT2D eigenvalue weighted by Crippen LogP contribution is -2.49. The van der Waals surface area contributed by atoms with Crippen LogP contribution in [0.15, 0.2) is 43.0 Å². The number of benzene rings is 1. The predicted octanol–water partition coefficient (Wildman–Crippen LogP) is 5.17. The fourth-order valence-electron chi connectivity index (χ4n) is 7.38. The summed E-state index contributed by atoms with van der Waals surface area (Å²) in [6.45, 7) is 22.0. The van der Waals surface area contributed by atoms with Crippen LogP contribution in [-0.2, 0) is 39.8 Å². The molecular weight excluding hydrogens is 787 g/mol. The van der Waals surface area contributed by atoms with Crippen LogP contribution in [0.3, 0.4) is 0 Å². The molecule has 2 aliphatic heterocycles. The Bertz CT molecular complexity index is 1940. The minimum absolute atomic E-state index is 0.168. The molecule has 61 heavy (non-hydrogen) atoms. The highest BCUT2D eigenvalue weighted by Gasteiger charge is 2.56. The highest BCUT2D eigenvalue weighted by atomic mass is 16.8. The zero-order valence-corrected chi connectivity index (χ0v) is 37.9. The molecule has 6 atom stereocenters. The number of rotatable bonds is 16. The molecule has 0 aliphatic carbocycles. The van der Waals surface area contributed by atoms with E-state index in [0.717, 1.165) is 5.56 Å². The van der Waals surface area contributed by atoms with Crippen LogP contribution in [-0.4, -0.2) is 134 Å². The molecule has 2 aliphatic rings. The van der Waals surface area contributed by atoms with Crippen molar-refractivity contribution in [1.82, 2.24) is 40.0 Å². The lowest BCUT2D eigenvalue weighted by atomic mass is 10.1. The minimum atomic E-state index is -1.04. The third-order valence-corrected chi connectivity index (χ3v) is 9.68. The minimum Gasteiger partial charge on any atom is -0.458 e. The summed E-state index contributed by atoms with van der Waals surface area (Å²) in [5, 5.41) is 5.86. The fourth-order valence-corrected chi connectivity index (χ4v) is 7.38. The number of esters is 1. The van der Waals surface area contributed by atoms with Crippen molar-refractivity contribution in [3.63, 3.8) is 0 Å². The summed E-state index contributed by atoms with van der Waals surface area (Å²) in [5.74, 6) is -1.27. The van der Waals surface area contributed by atoms with E-state index in [9.17, 15) is 14.4 Å². The van der Waals surface area contributed by atoms with Crippen molar-refractivity contribution in [2.45, 2.75) is 155 Å². The number of carbonyl (C=O) groups is 3. The smallest absolute Gasteiger partial charge is 0.408 e. The molecule has 2 aromatic heterocycles. The third-order valence-electron chi connectivity index (χ3n) is 9.68. The van der Waals surface area contributed by atoms with Crippen LogP contribution in [0.5, 0.6) is 0 Å². The Balaban J connectivity index is 1.43. The van der Waals surface area contributed by atoms with Crippen molar-refractivity contribution in [2.75, 3.05) is 39.0 Å². The van der Waals surface area contributed by atoms with Crippen molar-refractivity contribution in [3.8, 4) is 0 Å². The largest absolute Gasteiger partial charge is 0.458 e. The maximum atomic E-state index is 13.6. The van der Waals surface area contributed by atoms with Gasteiger partial charge in [0.2, 0.25) is 0 Å². The van der Waals surface area contributed by atoms with E-state index in [1.165, 1.54) is 6.33 Å². The monoisotopic (exact) mass is 854 g/mol. The predicted molar refractivity (Wildman–Crippen MR) is 228 cm³/mol. The van der Waals surface area contributed by atoms with Crippen LogP contribution in [0.2, 0.25) is 0 Å². The first-order valence-electron chi connectivity index (χ1n) is 21.0. The van der Waals surface area contributed by atoms with Gasteiger partial charge in [-0.1, -0.05) is 30.3 Å². The Labute approximate surface area is 359 Å². The van der Waals surface area contributed by atoms with Gasteiger partial charge in [0.15, 0.2) is 23.5 Å². The van der Waals surface area contributed by atoms with Gasteiger partial charge in [0.25, 0.3) is 0 Å². The number of hydrogen-bond donors (Lipinski definition) is 3. The van der Waals surface area contributed by atoms with E-state index in [0.29, 0.717) is 50.3 Å². The quantitative estimate of drug-likeness (QED) is 0.126. The number of nitrogens with two attached hydrogens (primary N) is 1. The maximum absolute atomic E-state index is 13.6. The molecule has 18 nitrogen and oxygen atoms in total. The van der Waals surface area contributed by atoms with Gasteiger partial charge < -0.3 is 54.6 Å². The molecule has 4 N–H and O–H groups in total. The van der Waals surface area contributed by atoms with Crippen LogP contribution >= 0.6 is 0 Å². The van der Waals surface area contributed by atoms with Gasteiger partial charge in [-0.3, -0.25) is 4.57 Å². The summed E-state index contributed by atoms with van der Waals surface area (Å²) < 4.78 is 38.5. The van der Waals surface area contributed by atoms with Gasteiger partial charge in [-0.25, -0.2) is 29.3 Å². The number of hydrogen-bond acceptors (Lipinski definition) is 15. The van der Waals surface area contributed by atoms with Crippen LogP contribution < -0.4 is 16.4 Å². The number of aromatic nitrogens is 4. The number of carbonyl (C=O) groups excluding carboxylic acids is 3. The number of ether oxygens (including phenoxy) is 6. The molecule has 338 valence electrons. The number of likely N-dealkylation sites (N-methyl/N-ethyl adjacent to an activating group) is 1. The first kappa shape index (κ1) is 47.4. The van der Waals surface area contributed by atoms with Crippen LogP contribution in [0.1, 0.15) is 101 Å². The Kier molecular flexibility index (Phi) is 14.9. The molecule has 0 unspecified atom stereocenters. The number of nitrogens with one attached hydrogen (secondary N) is 2. The van der Waals surface area contributed by atoms with E-state index in [-0.39, 0.29) is 18.3 Å². The summed E-state index contributed by atoms with van der Waals surface area (Å²) in [5.41, 5.74) is 5.91. The topological polar surface area (TPSA) is 207 Å². The van der Waals surface area contributed by atoms with Crippen molar-refractivity contribution < 1.29 is 42.8 Å². The average Bonchev–Trinajstić information content (AvgIpc) is 3.78. The zero-order chi connectivity index (χ0) is 44.9. The van der Waals surface area contributed by atoms with E-state index < -0.39 is 71.3 Å². The van der Waals surface area contributed by atoms with Gasteiger partial charge in [-0.05, 0) is 102 Å². The average molecular weight is 854 g/mol. The van der Waals surface area contributed by atoms with Crippen molar-refractivity contribution in [1.29, 1.82) is 0 Å². The number of amides is 2. The number of alkyl carbamates (subject to hydrolysis) is 2. The van der Waals surface area contributed by atoms with Crippen molar-refractivity contribution >= 4 is 35.1 Å². The second-order valence-corrected chi connectivity index (χ2v) is 19.3. The Morgan fingerprint density at radius 2 is 1.46 bits per heavy atom. The van der Waals surface area contributed by atoms with Gasteiger partial charge in [0.05, 0.1) is 6.33 Å². The van der Waals surface area contributed by atoms with E-state index in [1.54, 1.807) is 52.4 Å². The van der Waals surface area contributed by atoms with Gasteiger partial charge in [0, 0.05) is 38.8 Å². The van der Waals surface area contributed by atoms with Gasteiger partial charge in [0.1, 0.15) is 53.0 Å². The molecule has 0 saturated carbocycles. The van der Waals surface area contributed by atoms with Crippen LogP contribution in [0, 0.1) is 0 Å². The van der Waals surface area contributed by atoms with Crippen LogP contribution in [0.25, 0.3) is 11.2 Å². The number of fused-ring (bicyclic) bond motifs is 2. The molecule has 4 heterocycles. The Morgan fingerprint density at radius 1 is 0.852 bits per heavy atom. The molecule has 2 fully saturated rings. The summed E-state index contributed by atoms with van der Waals surface area (Å²) in [4.78, 5) is 57.3. The number of nitrogen functional groups attached to an aromatic ring is 1. The van der Waals surface area contributed by atoms with E-state index >= 15 is 0 Å². The first-order valence-corrected chi connectivity index (χ1v) is 21.0. The van der Waals surface area contributed by atoms with Crippen molar-refractivity contribution in [3.05, 3.63) is 48.5 Å². The lowest BCUT2D eigenvalue weighted by molar-refractivity contribution is -0.198. The molecule has 2 amide bonds. The molecule has 2 saturated heterocycles. The maximum Gasteiger partial charge on any atom is 0.408 e. The molecule has 1 aromatic carbocycles. The summed E-state index contributed by atoms with van der Waals surface area (Å²) >= 11 is 0. The van der Waals surface area contributed by atoms with E-state index in [2.05, 4.69) is 47.5 Å². The third kappa shape index (κ3) is 14.2. The second-order valence-electron chi connectivity index (χ2n) is 19.3. The van der Waals surface area contributed by atoms with Gasteiger partial charge in [-0.15, -0.1) is 0 Å². The Morgan fingerprint density at radius 3 is 2.10 bits per heavy atom.